The maximum Gasteiger partial charge on any atom is 0.315 e. The van der Waals surface area contributed by atoms with Crippen LogP contribution in [0.1, 0.15) is 37.8 Å². The van der Waals surface area contributed by atoms with Crippen molar-refractivity contribution in [3.63, 3.8) is 0 Å². The smallest absolute Gasteiger partial charge is 0.315 e. The molecule has 1 aliphatic heterocycles. The van der Waals surface area contributed by atoms with Gasteiger partial charge in [-0.15, -0.1) is 0 Å². The van der Waals surface area contributed by atoms with Crippen molar-refractivity contribution < 1.29 is 23.5 Å². The largest absolute Gasteiger partial charge is 0.469 e. The highest BCUT2D eigenvalue weighted by Gasteiger charge is 2.24. The molecule has 0 aliphatic carbocycles. The summed E-state index contributed by atoms with van der Waals surface area (Å²) in [5, 5.41) is 5.61. The van der Waals surface area contributed by atoms with Crippen LogP contribution < -0.4 is 10.6 Å². The molecule has 1 aliphatic rings. The van der Waals surface area contributed by atoms with E-state index in [0.717, 1.165) is 0 Å². The Balaban J connectivity index is 1.94. The zero-order valence-corrected chi connectivity index (χ0v) is 15.0. The van der Waals surface area contributed by atoms with Gasteiger partial charge in [-0.3, -0.25) is 9.59 Å². The van der Waals surface area contributed by atoms with E-state index in [1.165, 1.54) is 38.3 Å². The molecule has 1 aromatic carbocycles. The van der Waals surface area contributed by atoms with Crippen LogP contribution in [0.4, 0.5) is 9.18 Å². The molecule has 8 heteroatoms. The Bertz CT molecular complexity index is 642. The summed E-state index contributed by atoms with van der Waals surface area (Å²) < 4.78 is 17.8. The number of amides is 3. The molecule has 1 heterocycles. The van der Waals surface area contributed by atoms with Crippen molar-refractivity contribution in [3.05, 3.63) is 35.6 Å². The first kappa shape index (κ1) is 19.7. The van der Waals surface area contributed by atoms with E-state index in [9.17, 15) is 18.8 Å². The number of halogens is 1. The zero-order chi connectivity index (χ0) is 19.1. The summed E-state index contributed by atoms with van der Waals surface area (Å²) in [7, 11) is 1.27. The lowest BCUT2D eigenvalue weighted by atomic mass is 10.0. The van der Waals surface area contributed by atoms with Crippen LogP contribution in [0.2, 0.25) is 0 Å². The van der Waals surface area contributed by atoms with Gasteiger partial charge in [0.2, 0.25) is 5.91 Å². The second-order valence-corrected chi connectivity index (χ2v) is 6.28. The van der Waals surface area contributed by atoms with Crippen molar-refractivity contribution in [1.82, 2.24) is 15.5 Å². The number of carbonyl (C=O) groups excluding carboxylic acids is 3. The third kappa shape index (κ3) is 5.72. The third-order valence-electron chi connectivity index (χ3n) is 4.45. The lowest BCUT2D eigenvalue weighted by Gasteiger charge is -2.32. The number of hydrogen-bond acceptors (Lipinski definition) is 4. The summed E-state index contributed by atoms with van der Waals surface area (Å²) in [4.78, 5) is 37.0. The highest BCUT2D eigenvalue weighted by atomic mass is 19.1. The van der Waals surface area contributed by atoms with Gasteiger partial charge in [0.15, 0.2) is 0 Å². The molecule has 0 saturated carbocycles. The number of nitrogens with one attached hydrogen (secondary N) is 2. The minimum absolute atomic E-state index is 0.0300. The van der Waals surface area contributed by atoms with Crippen LogP contribution in [0.25, 0.3) is 0 Å². The first-order valence-electron chi connectivity index (χ1n) is 8.54. The molecule has 1 atom stereocenters. The molecular weight excluding hydrogens is 341 g/mol. The molecular formula is C18H24FN3O4. The van der Waals surface area contributed by atoms with Crippen LogP contribution >= 0.6 is 0 Å². The molecule has 0 bridgehead atoms. The lowest BCUT2D eigenvalue weighted by molar-refractivity contribution is -0.141. The molecule has 1 fully saturated rings. The van der Waals surface area contributed by atoms with Gasteiger partial charge in [-0.1, -0.05) is 12.1 Å². The number of hydrogen-bond donors (Lipinski definition) is 2. The first-order chi connectivity index (χ1) is 12.4. The van der Waals surface area contributed by atoms with Gasteiger partial charge in [-0.25, -0.2) is 9.18 Å². The van der Waals surface area contributed by atoms with E-state index in [2.05, 4.69) is 15.4 Å². The number of rotatable bonds is 5. The second kappa shape index (κ2) is 9.17. The average molecular weight is 365 g/mol. The Morgan fingerprint density at radius 1 is 1.23 bits per heavy atom. The highest BCUT2D eigenvalue weighted by molar-refractivity contribution is 5.77. The minimum atomic E-state index is -0.625. The second-order valence-electron chi connectivity index (χ2n) is 6.28. The number of esters is 1. The number of benzene rings is 1. The van der Waals surface area contributed by atoms with Crippen molar-refractivity contribution >= 4 is 17.9 Å². The van der Waals surface area contributed by atoms with Gasteiger partial charge in [0.05, 0.1) is 19.6 Å². The standard InChI is InChI=1S/C18H24FN3O4/c1-12(23)22-9-7-15(8-10-22)20-18(25)21-16(11-17(24)26-2)13-3-5-14(19)6-4-13/h3-6,15-16H,7-11H2,1-2H3,(H2,20,21,25). The average Bonchev–Trinajstić information content (AvgIpc) is 2.62. The number of ether oxygens (including phenoxy) is 1. The summed E-state index contributed by atoms with van der Waals surface area (Å²) in [5.41, 5.74) is 0.610. The molecule has 1 aromatic rings. The van der Waals surface area contributed by atoms with E-state index in [-0.39, 0.29) is 18.4 Å². The monoisotopic (exact) mass is 365 g/mol. The predicted molar refractivity (Wildman–Crippen MR) is 92.7 cm³/mol. The Labute approximate surface area is 151 Å². The SMILES string of the molecule is COC(=O)CC(NC(=O)NC1CCN(C(C)=O)CC1)c1ccc(F)cc1. The van der Waals surface area contributed by atoms with Crippen molar-refractivity contribution in [3.8, 4) is 0 Å². The van der Waals surface area contributed by atoms with Gasteiger partial charge in [-0.05, 0) is 30.5 Å². The molecule has 1 saturated heterocycles. The number of piperidine rings is 1. The topological polar surface area (TPSA) is 87.7 Å². The Hall–Kier alpha value is -2.64. The van der Waals surface area contributed by atoms with Crippen LogP contribution in [0.3, 0.4) is 0 Å². The molecule has 0 aromatic heterocycles. The number of likely N-dealkylation sites (tertiary alicyclic amines) is 1. The highest BCUT2D eigenvalue weighted by Crippen LogP contribution is 2.18. The molecule has 26 heavy (non-hydrogen) atoms. The normalized spacial score (nSPS) is 15.9. The minimum Gasteiger partial charge on any atom is -0.469 e. The van der Waals surface area contributed by atoms with Crippen LogP contribution in [0.5, 0.6) is 0 Å². The lowest BCUT2D eigenvalue weighted by Crippen LogP contribution is -2.49. The molecule has 3 amide bonds. The molecule has 0 spiro atoms. The molecule has 0 radical (unpaired) electrons. The number of urea groups is 1. The van der Waals surface area contributed by atoms with E-state index in [1.54, 1.807) is 4.90 Å². The van der Waals surface area contributed by atoms with Crippen molar-refractivity contribution in [2.24, 2.45) is 0 Å². The van der Waals surface area contributed by atoms with Crippen LogP contribution in [0.15, 0.2) is 24.3 Å². The predicted octanol–water partition coefficient (Wildman–Crippen LogP) is 1.74. The quantitative estimate of drug-likeness (QED) is 0.778. The van der Waals surface area contributed by atoms with Gasteiger partial charge in [-0.2, -0.15) is 0 Å². The van der Waals surface area contributed by atoms with Gasteiger partial charge in [0.1, 0.15) is 5.82 Å². The zero-order valence-electron chi connectivity index (χ0n) is 15.0. The van der Waals surface area contributed by atoms with Crippen molar-refractivity contribution in [2.75, 3.05) is 20.2 Å². The Kier molecular flexibility index (Phi) is 6.94. The van der Waals surface area contributed by atoms with Gasteiger partial charge < -0.3 is 20.3 Å². The maximum atomic E-state index is 13.1. The molecule has 2 rings (SSSR count). The van der Waals surface area contributed by atoms with Crippen molar-refractivity contribution in [1.29, 1.82) is 0 Å². The summed E-state index contributed by atoms with van der Waals surface area (Å²) in [6.45, 7) is 2.73. The fraction of sp³-hybridized carbons (Fsp3) is 0.500. The fourth-order valence-corrected chi connectivity index (χ4v) is 2.92. The van der Waals surface area contributed by atoms with Gasteiger partial charge in [0, 0.05) is 26.1 Å². The van der Waals surface area contributed by atoms with E-state index in [0.29, 0.717) is 31.5 Å². The van der Waals surface area contributed by atoms with Gasteiger partial charge >= 0.3 is 12.0 Å². The molecule has 142 valence electrons. The summed E-state index contributed by atoms with van der Waals surface area (Å²) in [6, 6.07) is 4.51. The van der Waals surface area contributed by atoms with Crippen LogP contribution in [-0.2, 0) is 14.3 Å². The maximum absolute atomic E-state index is 13.1. The fourth-order valence-electron chi connectivity index (χ4n) is 2.92. The molecule has 2 N–H and O–H groups in total. The summed E-state index contributed by atoms with van der Waals surface area (Å²) in [6.07, 6.45) is 1.29. The first-order valence-corrected chi connectivity index (χ1v) is 8.54. The van der Waals surface area contributed by atoms with Crippen LogP contribution in [0, 0.1) is 5.82 Å². The molecule has 7 nitrogen and oxygen atoms in total. The van der Waals surface area contributed by atoms with Gasteiger partial charge in [0.25, 0.3) is 0 Å². The number of methoxy groups -OCH3 is 1. The Morgan fingerprint density at radius 2 is 1.85 bits per heavy atom. The third-order valence-corrected chi connectivity index (χ3v) is 4.45. The van der Waals surface area contributed by atoms with E-state index in [1.807, 2.05) is 0 Å². The number of carbonyl (C=O) groups is 3. The summed E-state index contributed by atoms with van der Waals surface area (Å²) in [5.74, 6) is -0.844. The van der Waals surface area contributed by atoms with E-state index in [4.69, 9.17) is 0 Å². The molecule has 1 unspecified atom stereocenters. The van der Waals surface area contributed by atoms with E-state index >= 15 is 0 Å². The number of nitrogens with zero attached hydrogens (tertiary/aromatic N) is 1. The van der Waals surface area contributed by atoms with E-state index < -0.39 is 23.9 Å². The van der Waals surface area contributed by atoms with Crippen LogP contribution in [-0.4, -0.2) is 49.0 Å². The van der Waals surface area contributed by atoms with Crippen molar-refractivity contribution in [2.45, 2.75) is 38.3 Å². The Morgan fingerprint density at radius 3 is 2.38 bits per heavy atom. The summed E-state index contributed by atoms with van der Waals surface area (Å²) >= 11 is 0.